The predicted molar refractivity (Wildman–Crippen MR) is 71.6 cm³/mol. The quantitative estimate of drug-likeness (QED) is 0.848. The average molecular weight is 245 g/mol. The SMILES string of the molecule is CCNC(Cn1ccnc1)c1cccc(OC)c1. The lowest BCUT2D eigenvalue weighted by Gasteiger charge is -2.19. The van der Waals surface area contributed by atoms with Crippen molar-refractivity contribution in [3.63, 3.8) is 0 Å². The molecule has 0 aliphatic carbocycles. The van der Waals surface area contributed by atoms with Gasteiger partial charge in [0.2, 0.25) is 0 Å². The fraction of sp³-hybridized carbons (Fsp3) is 0.357. The van der Waals surface area contributed by atoms with Crippen LogP contribution in [0.15, 0.2) is 43.0 Å². The third-order valence-electron chi connectivity index (χ3n) is 2.90. The van der Waals surface area contributed by atoms with Crippen LogP contribution in [0.5, 0.6) is 5.75 Å². The number of benzene rings is 1. The maximum absolute atomic E-state index is 5.27. The lowest BCUT2D eigenvalue weighted by Crippen LogP contribution is -2.25. The summed E-state index contributed by atoms with van der Waals surface area (Å²) >= 11 is 0. The Balaban J connectivity index is 2.17. The highest BCUT2D eigenvalue weighted by Crippen LogP contribution is 2.20. The third kappa shape index (κ3) is 3.11. The van der Waals surface area contributed by atoms with Crippen molar-refractivity contribution in [2.24, 2.45) is 0 Å². The maximum atomic E-state index is 5.27. The highest BCUT2D eigenvalue weighted by molar-refractivity contribution is 5.30. The topological polar surface area (TPSA) is 39.1 Å². The summed E-state index contributed by atoms with van der Waals surface area (Å²) in [5.41, 5.74) is 1.23. The molecule has 0 bridgehead atoms. The molecule has 2 rings (SSSR count). The van der Waals surface area contributed by atoms with Crippen LogP contribution in [0.2, 0.25) is 0 Å². The van der Waals surface area contributed by atoms with Gasteiger partial charge in [-0.1, -0.05) is 19.1 Å². The summed E-state index contributed by atoms with van der Waals surface area (Å²) < 4.78 is 7.35. The molecule has 1 unspecified atom stereocenters. The normalized spacial score (nSPS) is 12.3. The van der Waals surface area contributed by atoms with E-state index >= 15 is 0 Å². The molecule has 0 radical (unpaired) electrons. The van der Waals surface area contributed by atoms with Crippen molar-refractivity contribution in [2.75, 3.05) is 13.7 Å². The first-order valence-corrected chi connectivity index (χ1v) is 6.16. The summed E-state index contributed by atoms with van der Waals surface area (Å²) in [4.78, 5) is 4.07. The highest BCUT2D eigenvalue weighted by atomic mass is 16.5. The van der Waals surface area contributed by atoms with E-state index in [0.717, 1.165) is 18.8 Å². The fourth-order valence-corrected chi connectivity index (χ4v) is 2.00. The Labute approximate surface area is 108 Å². The van der Waals surface area contributed by atoms with Gasteiger partial charge in [0.1, 0.15) is 5.75 Å². The first-order chi connectivity index (χ1) is 8.83. The molecule has 96 valence electrons. The van der Waals surface area contributed by atoms with Gasteiger partial charge in [-0.15, -0.1) is 0 Å². The Bertz CT molecular complexity index is 468. The average Bonchev–Trinajstić information content (AvgIpc) is 2.91. The number of hydrogen-bond acceptors (Lipinski definition) is 3. The van der Waals surface area contributed by atoms with Crippen LogP contribution in [0.4, 0.5) is 0 Å². The Morgan fingerprint density at radius 3 is 3.00 bits per heavy atom. The van der Waals surface area contributed by atoms with Crippen LogP contribution in [-0.2, 0) is 6.54 Å². The van der Waals surface area contributed by atoms with Crippen LogP contribution in [0.1, 0.15) is 18.5 Å². The van der Waals surface area contributed by atoms with Crippen LogP contribution < -0.4 is 10.1 Å². The molecule has 0 aliphatic rings. The van der Waals surface area contributed by atoms with Crippen LogP contribution in [0.25, 0.3) is 0 Å². The van der Waals surface area contributed by atoms with Gasteiger partial charge in [-0.3, -0.25) is 0 Å². The second-order valence-electron chi connectivity index (χ2n) is 4.15. The summed E-state index contributed by atoms with van der Waals surface area (Å²) in [6.45, 7) is 3.90. The Hall–Kier alpha value is -1.81. The van der Waals surface area contributed by atoms with Gasteiger partial charge in [-0.2, -0.15) is 0 Å². The zero-order valence-electron chi connectivity index (χ0n) is 10.8. The summed E-state index contributed by atoms with van der Waals surface area (Å²) in [5, 5.41) is 3.48. The first kappa shape index (κ1) is 12.6. The van der Waals surface area contributed by atoms with E-state index in [0.29, 0.717) is 0 Å². The van der Waals surface area contributed by atoms with Gasteiger partial charge in [0.25, 0.3) is 0 Å². The number of aromatic nitrogens is 2. The van der Waals surface area contributed by atoms with Gasteiger partial charge in [0, 0.05) is 18.9 Å². The fourth-order valence-electron chi connectivity index (χ4n) is 2.00. The maximum Gasteiger partial charge on any atom is 0.119 e. The Kier molecular flexibility index (Phi) is 4.36. The number of hydrogen-bond donors (Lipinski definition) is 1. The lowest BCUT2D eigenvalue weighted by atomic mass is 10.1. The van der Waals surface area contributed by atoms with Gasteiger partial charge in [0.15, 0.2) is 0 Å². The van der Waals surface area contributed by atoms with Crippen molar-refractivity contribution in [2.45, 2.75) is 19.5 Å². The van der Waals surface area contributed by atoms with Crippen molar-refractivity contribution in [3.05, 3.63) is 48.5 Å². The first-order valence-electron chi connectivity index (χ1n) is 6.16. The molecule has 1 N–H and O–H groups in total. The smallest absolute Gasteiger partial charge is 0.119 e. The minimum absolute atomic E-state index is 0.263. The summed E-state index contributed by atoms with van der Waals surface area (Å²) in [6, 6.07) is 8.44. The molecule has 2 aromatic rings. The number of ether oxygens (including phenoxy) is 1. The zero-order valence-corrected chi connectivity index (χ0v) is 10.8. The number of imidazole rings is 1. The molecular formula is C14H19N3O. The molecule has 0 saturated heterocycles. The standard InChI is InChI=1S/C14H19N3O/c1-3-16-14(10-17-8-7-15-11-17)12-5-4-6-13(9-12)18-2/h4-9,11,14,16H,3,10H2,1-2H3. The van der Waals surface area contributed by atoms with Crippen molar-refractivity contribution < 1.29 is 4.74 Å². The molecule has 4 nitrogen and oxygen atoms in total. The van der Waals surface area contributed by atoms with Crippen LogP contribution >= 0.6 is 0 Å². The van der Waals surface area contributed by atoms with Gasteiger partial charge < -0.3 is 14.6 Å². The van der Waals surface area contributed by atoms with E-state index < -0.39 is 0 Å². The summed E-state index contributed by atoms with van der Waals surface area (Å²) in [5.74, 6) is 0.890. The second-order valence-corrected chi connectivity index (χ2v) is 4.15. The minimum Gasteiger partial charge on any atom is -0.497 e. The molecule has 1 atom stereocenters. The van der Waals surface area contributed by atoms with E-state index in [1.165, 1.54) is 5.56 Å². The third-order valence-corrected chi connectivity index (χ3v) is 2.90. The molecule has 4 heteroatoms. The van der Waals surface area contributed by atoms with E-state index in [4.69, 9.17) is 4.74 Å². The van der Waals surface area contributed by atoms with Gasteiger partial charge in [-0.25, -0.2) is 4.98 Å². The van der Waals surface area contributed by atoms with E-state index in [9.17, 15) is 0 Å². The van der Waals surface area contributed by atoms with Crippen molar-refractivity contribution in [1.82, 2.24) is 14.9 Å². The molecule has 1 heterocycles. The number of nitrogens with zero attached hydrogens (tertiary/aromatic N) is 2. The number of rotatable bonds is 6. The van der Waals surface area contributed by atoms with Gasteiger partial charge in [0.05, 0.1) is 19.5 Å². The van der Waals surface area contributed by atoms with E-state index in [-0.39, 0.29) is 6.04 Å². The van der Waals surface area contributed by atoms with Gasteiger partial charge in [-0.05, 0) is 24.2 Å². The van der Waals surface area contributed by atoms with Crippen molar-refractivity contribution in [1.29, 1.82) is 0 Å². The van der Waals surface area contributed by atoms with Crippen molar-refractivity contribution >= 4 is 0 Å². The Morgan fingerprint density at radius 1 is 1.44 bits per heavy atom. The highest BCUT2D eigenvalue weighted by Gasteiger charge is 2.11. The number of methoxy groups -OCH3 is 1. The summed E-state index contributed by atoms with van der Waals surface area (Å²) in [7, 11) is 1.69. The largest absolute Gasteiger partial charge is 0.497 e. The molecule has 0 amide bonds. The van der Waals surface area contributed by atoms with Crippen molar-refractivity contribution in [3.8, 4) is 5.75 Å². The molecule has 0 saturated carbocycles. The Morgan fingerprint density at radius 2 is 2.33 bits per heavy atom. The number of nitrogens with one attached hydrogen (secondary N) is 1. The van der Waals surface area contributed by atoms with E-state index in [2.05, 4.69) is 33.9 Å². The zero-order chi connectivity index (χ0) is 12.8. The van der Waals surface area contributed by atoms with E-state index in [1.54, 1.807) is 13.3 Å². The predicted octanol–water partition coefficient (Wildman–Crippen LogP) is 2.24. The number of likely N-dealkylation sites (N-methyl/N-ethyl adjacent to an activating group) is 1. The van der Waals surface area contributed by atoms with Crippen LogP contribution in [0, 0.1) is 0 Å². The van der Waals surface area contributed by atoms with Gasteiger partial charge >= 0.3 is 0 Å². The molecule has 18 heavy (non-hydrogen) atoms. The lowest BCUT2D eigenvalue weighted by molar-refractivity contribution is 0.411. The molecule has 0 aliphatic heterocycles. The van der Waals surface area contributed by atoms with Crippen LogP contribution in [-0.4, -0.2) is 23.2 Å². The molecule has 1 aromatic heterocycles. The monoisotopic (exact) mass is 245 g/mol. The van der Waals surface area contributed by atoms with E-state index in [1.807, 2.05) is 24.7 Å². The second kappa shape index (κ2) is 6.21. The molecular weight excluding hydrogens is 226 g/mol. The summed E-state index contributed by atoms with van der Waals surface area (Å²) in [6.07, 6.45) is 5.61. The van der Waals surface area contributed by atoms with Crippen LogP contribution in [0.3, 0.4) is 0 Å². The molecule has 0 fully saturated rings. The molecule has 1 aromatic carbocycles. The molecule has 0 spiro atoms. The minimum atomic E-state index is 0.263.